The number of ketones is 1. The van der Waals surface area contributed by atoms with Gasteiger partial charge in [-0.25, -0.2) is 4.79 Å². The van der Waals surface area contributed by atoms with Crippen LogP contribution in [0.5, 0.6) is 0 Å². The molecule has 0 aromatic rings. The Morgan fingerprint density at radius 3 is 2.09 bits per heavy atom. The van der Waals surface area contributed by atoms with Gasteiger partial charge in [0.1, 0.15) is 22.4 Å². The summed E-state index contributed by atoms with van der Waals surface area (Å²) in [5.41, 5.74) is 0. The van der Waals surface area contributed by atoms with Gasteiger partial charge in [0.2, 0.25) is 0 Å². The highest BCUT2D eigenvalue weighted by molar-refractivity contribution is 5.93. The van der Waals surface area contributed by atoms with Gasteiger partial charge in [-0.2, -0.15) is 14.0 Å². The Kier molecular flexibility index (Phi) is 3.40. The fourth-order valence-corrected chi connectivity index (χ4v) is 0.601. The smallest absolute Gasteiger partial charge is 0.299 e. The van der Waals surface area contributed by atoms with Gasteiger partial charge >= 0.3 is 5.97 Å². The third-order valence-electron chi connectivity index (χ3n) is 0.574. The fraction of sp³-hybridized carbons (Fsp3) is 0.500. The monoisotopic (exact) mass is 184 g/mol. The topological polar surface area (TPSA) is 113 Å². The molecule has 0 atom stereocenters. The molecule has 0 aliphatic heterocycles. The van der Waals surface area contributed by atoms with Crippen molar-refractivity contribution in [1.29, 1.82) is 0 Å². The zero-order valence-electron chi connectivity index (χ0n) is 5.53. The van der Waals surface area contributed by atoms with Crippen molar-refractivity contribution in [2.45, 2.75) is 13.3 Å². The summed E-state index contributed by atoms with van der Waals surface area (Å²) < 4.78 is 32.3. The Morgan fingerprint density at radius 1 is 1.36 bits per heavy atom. The van der Waals surface area contributed by atoms with Crippen molar-refractivity contribution in [3.05, 3.63) is 0 Å². The van der Waals surface area contributed by atoms with E-state index in [0.29, 0.717) is 0 Å². The van der Waals surface area contributed by atoms with Gasteiger partial charge in [-0.05, 0) is 11.2 Å². The second kappa shape index (κ2) is 3.63. The molecule has 0 spiro atoms. The molecule has 0 bridgehead atoms. The third kappa shape index (κ3) is 7.20. The van der Waals surface area contributed by atoms with Crippen molar-refractivity contribution in [1.82, 2.24) is 0 Å². The lowest BCUT2D eigenvalue weighted by atomic mass is 10.3. The molecule has 0 saturated carbocycles. The molecule has 64 valence electrons. The normalized spacial score (nSPS) is 10.9. The predicted molar refractivity (Wildman–Crippen MR) is 21.4 cm³/mol. The van der Waals surface area contributed by atoms with Gasteiger partial charge in [0.05, 0.1) is 0 Å². The summed E-state index contributed by atoms with van der Waals surface area (Å²) in [6, 6.07) is 0. The van der Waals surface area contributed by atoms with Crippen molar-refractivity contribution in [3.63, 3.8) is 0 Å². The largest absolute Gasteiger partial charge is 0.470 e. The van der Waals surface area contributed by atoms with E-state index in [9.17, 15) is 23.6 Å². The van der Waals surface area contributed by atoms with E-state index < -0.39 is 28.4 Å². The van der Waals surface area contributed by atoms with Crippen LogP contribution in [0.15, 0.2) is 0 Å². The summed E-state index contributed by atoms with van der Waals surface area (Å²) in [6.45, 7) is 1.07. The van der Waals surface area contributed by atoms with E-state index in [4.69, 9.17) is 0 Å². The first-order valence-corrected chi connectivity index (χ1v) is 3.67. The molecule has 0 aliphatic rings. The maximum Gasteiger partial charge on any atom is 0.470 e. The first-order valence-electron chi connectivity index (χ1n) is 2.44. The van der Waals surface area contributed by atoms with Crippen LogP contribution >= 0.6 is 0 Å². The van der Waals surface area contributed by atoms with Crippen LogP contribution in [0.3, 0.4) is 0 Å². The molecule has 0 aliphatic carbocycles. The molecule has 7 heteroatoms. The number of hydrogen-bond donors (Lipinski definition) is 0. The van der Waals surface area contributed by atoms with Crippen molar-refractivity contribution >= 4 is 11.8 Å². The van der Waals surface area contributed by atoms with E-state index in [1.807, 2.05) is 0 Å². The summed E-state index contributed by atoms with van der Waals surface area (Å²) >= 11 is 0. The lowest BCUT2D eigenvalue weighted by Gasteiger charge is -2.09. The Labute approximate surface area is 64.1 Å². The number of rotatable bonds is 3. The van der Waals surface area contributed by atoms with Gasteiger partial charge < -0.3 is 0 Å². The van der Waals surface area contributed by atoms with Crippen LogP contribution in [0.2, 0.25) is 0 Å². The van der Waals surface area contributed by atoms with E-state index in [1.165, 1.54) is 0 Å². The minimum atomic E-state index is -4.76. The van der Waals surface area contributed by atoms with Gasteiger partial charge in [0, 0.05) is 0 Å². The van der Waals surface area contributed by atoms with Crippen LogP contribution in [-0.4, -0.2) is 11.8 Å². The highest BCUT2D eigenvalue weighted by atomic mass is 35.7. The number of halogens is 1. The fourth-order valence-electron chi connectivity index (χ4n) is 0.336. The van der Waals surface area contributed by atoms with Gasteiger partial charge in [-0.3, -0.25) is 4.79 Å². The predicted octanol–water partition coefficient (Wildman–Crippen LogP) is -3.59. The first-order chi connectivity index (χ1) is 4.81. The second-order valence-corrected chi connectivity index (χ2v) is 2.62. The standard InChI is InChI=1S/C4H5ClO6/c1-3(6)2-4(7)11-5(8,9)10/h2H2,1H3. The molecule has 6 nitrogen and oxygen atoms in total. The van der Waals surface area contributed by atoms with Crippen LogP contribution in [0.4, 0.5) is 0 Å². The van der Waals surface area contributed by atoms with E-state index in [1.54, 1.807) is 0 Å². The van der Waals surface area contributed by atoms with Gasteiger partial charge in [-0.15, -0.1) is 0 Å². The van der Waals surface area contributed by atoms with Crippen LogP contribution < -0.4 is 14.0 Å². The highest BCUT2D eigenvalue weighted by Gasteiger charge is 2.26. The Hall–Kier alpha value is -0.690. The first kappa shape index (κ1) is 10.3. The Balaban J connectivity index is 3.80. The van der Waals surface area contributed by atoms with Crippen molar-refractivity contribution < 1.29 is 38.1 Å². The average molecular weight is 185 g/mol. The van der Waals surface area contributed by atoms with Crippen LogP contribution in [0.1, 0.15) is 13.3 Å². The van der Waals surface area contributed by atoms with E-state index in [0.717, 1.165) is 6.92 Å². The van der Waals surface area contributed by atoms with E-state index >= 15 is 0 Å². The van der Waals surface area contributed by atoms with Crippen LogP contribution in [0, 0.1) is 10.2 Å². The molecule has 0 fully saturated rings. The van der Waals surface area contributed by atoms with Crippen LogP contribution in [0.25, 0.3) is 0 Å². The second-order valence-electron chi connectivity index (χ2n) is 1.71. The van der Waals surface area contributed by atoms with Gasteiger partial charge in [0.25, 0.3) is 0 Å². The molecule has 0 rings (SSSR count). The number of carbonyl (C=O) groups is 2. The molecule has 0 amide bonds. The van der Waals surface area contributed by atoms with Crippen molar-refractivity contribution in [3.8, 4) is 0 Å². The lowest BCUT2D eigenvalue weighted by molar-refractivity contribution is -1.92. The van der Waals surface area contributed by atoms with E-state index in [2.05, 4.69) is 4.29 Å². The molecule has 0 unspecified atom stereocenters. The summed E-state index contributed by atoms with van der Waals surface area (Å²) in [5.74, 6) is -1.94. The number of hydrogen-bond acceptors (Lipinski definition) is 6. The molecule has 0 saturated heterocycles. The molecular formula is C4H5ClO6. The molecule has 0 radical (unpaired) electrons. The molecular weight excluding hydrogens is 179 g/mol. The minimum Gasteiger partial charge on any atom is -0.299 e. The minimum absolute atomic E-state index is 0.575. The van der Waals surface area contributed by atoms with E-state index in [-0.39, 0.29) is 0 Å². The summed E-state index contributed by atoms with van der Waals surface area (Å²) in [7, 11) is -4.76. The summed E-state index contributed by atoms with van der Waals surface area (Å²) in [6.07, 6.45) is -0.714. The molecule has 0 aromatic heterocycles. The molecule has 0 heterocycles. The Bertz CT molecular complexity index is 170. The number of carbonyl (C=O) groups excluding carboxylic acids is 2. The molecule has 0 N–H and O–H groups in total. The Morgan fingerprint density at radius 2 is 1.82 bits per heavy atom. The lowest BCUT2D eigenvalue weighted by Crippen LogP contribution is -2.61. The van der Waals surface area contributed by atoms with Gasteiger partial charge in [-0.1, -0.05) is 0 Å². The molecule has 0 aromatic carbocycles. The zero-order chi connectivity index (χ0) is 9.07. The SMILES string of the molecule is CC(=O)CC(=O)O[Cl+3]([O-])([O-])[O-]. The third-order valence-corrected chi connectivity index (χ3v) is 0.935. The average Bonchev–Trinajstić information content (AvgIpc) is 1.53. The highest BCUT2D eigenvalue weighted by Crippen LogP contribution is 1.93. The zero-order valence-corrected chi connectivity index (χ0v) is 6.29. The number of Topliss-reactive ketones (excluding diaryl/α,β-unsaturated/α-hetero) is 1. The summed E-state index contributed by atoms with van der Waals surface area (Å²) in [5, 5.41) is 0. The van der Waals surface area contributed by atoms with Crippen molar-refractivity contribution in [2.24, 2.45) is 0 Å². The van der Waals surface area contributed by atoms with Crippen LogP contribution in [-0.2, 0) is 13.9 Å². The van der Waals surface area contributed by atoms with Gasteiger partial charge in [0.15, 0.2) is 0 Å². The van der Waals surface area contributed by atoms with Crippen molar-refractivity contribution in [2.75, 3.05) is 0 Å². The quantitative estimate of drug-likeness (QED) is 0.419. The maximum atomic E-state index is 10.2. The maximum absolute atomic E-state index is 10.2. The summed E-state index contributed by atoms with van der Waals surface area (Å²) in [4.78, 5) is 20.4. The molecule has 11 heavy (non-hydrogen) atoms.